The molecule has 2 aromatic rings. The normalized spacial score (nSPS) is 23.1. The minimum atomic E-state index is -0.833. The van der Waals surface area contributed by atoms with Crippen molar-refractivity contribution in [3.05, 3.63) is 53.6 Å². The second kappa shape index (κ2) is 9.06. The number of carbonyl (C=O) groups is 2. The van der Waals surface area contributed by atoms with Crippen molar-refractivity contribution in [3.8, 4) is 16.9 Å². The number of aliphatic hydroxyl groups excluding tert-OH is 1. The number of rotatable bonds is 4. The molecule has 2 aliphatic rings. The van der Waals surface area contributed by atoms with E-state index in [1.165, 1.54) is 5.56 Å². The Morgan fingerprint density at radius 1 is 1.15 bits per heavy atom. The number of piperidine rings is 1. The molecule has 1 N–H and O–H groups in total. The molecule has 1 saturated heterocycles. The lowest BCUT2D eigenvalue weighted by molar-refractivity contribution is -0.158. The summed E-state index contributed by atoms with van der Waals surface area (Å²) in [6.07, 6.45) is 0.563. The molecule has 0 aromatic heterocycles. The number of carbonyl (C=O) groups excluding carboxylic acids is 2. The van der Waals surface area contributed by atoms with Crippen molar-refractivity contribution in [2.75, 3.05) is 20.7 Å². The molecule has 0 saturated carbocycles. The van der Waals surface area contributed by atoms with Crippen LogP contribution in [0.5, 0.6) is 5.75 Å². The molecule has 0 unspecified atom stereocenters. The number of amides is 2. The molecule has 0 radical (unpaired) electrons. The van der Waals surface area contributed by atoms with Crippen molar-refractivity contribution in [1.82, 2.24) is 9.80 Å². The Morgan fingerprint density at radius 3 is 2.38 bits per heavy atom. The van der Waals surface area contributed by atoms with Gasteiger partial charge in [0.25, 0.3) is 0 Å². The molecule has 0 bridgehead atoms. The summed E-state index contributed by atoms with van der Waals surface area (Å²) in [5.74, 6) is 0.0981. The lowest BCUT2D eigenvalue weighted by Gasteiger charge is -2.50. The van der Waals surface area contributed by atoms with Crippen LogP contribution < -0.4 is 4.74 Å². The Kier molecular flexibility index (Phi) is 6.47. The van der Waals surface area contributed by atoms with E-state index in [0.29, 0.717) is 13.0 Å². The van der Waals surface area contributed by atoms with Gasteiger partial charge < -0.3 is 19.6 Å². The van der Waals surface area contributed by atoms with Crippen LogP contribution >= 0.6 is 0 Å². The Morgan fingerprint density at radius 2 is 1.79 bits per heavy atom. The summed E-state index contributed by atoms with van der Waals surface area (Å²) in [5, 5.41) is 10.6. The first-order chi connectivity index (χ1) is 16.0. The highest BCUT2D eigenvalue weighted by Gasteiger charge is 2.49. The number of fused-ring (bicyclic) bond motifs is 3. The number of benzene rings is 2. The van der Waals surface area contributed by atoms with Crippen LogP contribution in [0.2, 0.25) is 0 Å². The van der Waals surface area contributed by atoms with E-state index in [0.717, 1.165) is 28.9 Å². The Labute approximate surface area is 202 Å². The fraction of sp³-hybridized carbons (Fsp3) is 0.500. The van der Waals surface area contributed by atoms with Gasteiger partial charge in [-0.3, -0.25) is 9.59 Å². The van der Waals surface area contributed by atoms with Crippen molar-refractivity contribution < 1.29 is 19.4 Å². The third-order valence-corrected chi connectivity index (χ3v) is 7.35. The van der Waals surface area contributed by atoms with Crippen LogP contribution in [-0.2, 0) is 16.0 Å². The first kappa shape index (κ1) is 24.3. The molecule has 1 fully saturated rings. The first-order valence-electron chi connectivity index (χ1n) is 12.1. The molecule has 2 heterocycles. The van der Waals surface area contributed by atoms with Crippen LogP contribution in [0.15, 0.2) is 42.5 Å². The smallest absolute Gasteiger partial charge is 0.230 e. The second-order valence-corrected chi connectivity index (χ2v) is 10.7. The van der Waals surface area contributed by atoms with E-state index in [2.05, 4.69) is 18.2 Å². The molecular weight excluding hydrogens is 428 g/mol. The topological polar surface area (TPSA) is 70.1 Å². The van der Waals surface area contributed by atoms with Crippen LogP contribution in [0.1, 0.15) is 51.3 Å². The van der Waals surface area contributed by atoms with Crippen LogP contribution in [-0.4, -0.2) is 59.6 Å². The molecular formula is C28H36N2O4. The molecule has 4 atom stereocenters. The zero-order valence-electron chi connectivity index (χ0n) is 21.0. The van der Waals surface area contributed by atoms with E-state index in [-0.39, 0.29) is 23.9 Å². The molecule has 0 aliphatic carbocycles. The molecule has 6 nitrogen and oxygen atoms in total. The van der Waals surface area contributed by atoms with E-state index in [1.54, 1.807) is 26.0 Å². The van der Waals surface area contributed by atoms with Gasteiger partial charge in [-0.2, -0.15) is 0 Å². The highest BCUT2D eigenvalue weighted by molar-refractivity contribution is 5.86. The second-order valence-electron chi connectivity index (χ2n) is 10.7. The van der Waals surface area contributed by atoms with Gasteiger partial charge >= 0.3 is 0 Å². The van der Waals surface area contributed by atoms with Gasteiger partial charge in [-0.1, -0.05) is 45.0 Å². The molecule has 2 amide bonds. The monoisotopic (exact) mass is 464 g/mol. The zero-order chi connectivity index (χ0) is 24.8. The van der Waals surface area contributed by atoms with Gasteiger partial charge in [0.05, 0.1) is 25.2 Å². The van der Waals surface area contributed by atoms with Crippen molar-refractivity contribution in [1.29, 1.82) is 0 Å². The summed E-state index contributed by atoms with van der Waals surface area (Å²) in [7, 11) is 3.43. The minimum Gasteiger partial charge on any atom is -0.497 e. The largest absolute Gasteiger partial charge is 0.497 e. The van der Waals surface area contributed by atoms with Gasteiger partial charge in [0.2, 0.25) is 11.8 Å². The highest BCUT2D eigenvalue weighted by Crippen LogP contribution is 2.43. The van der Waals surface area contributed by atoms with Crippen LogP contribution in [0, 0.1) is 11.3 Å². The van der Waals surface area contributed by atoms with Crippen molar-refractivity contribution in [2.45, 2.75) is 58.7 Å². The van der Waals surface area contributed by atoms with Gasteiger partial charge in [0, 0.05) is 25.0 Å². The average Bonchev–Trinajstić information content (AvgIpc) is 2.81. The van der Waals surface area contributed by atoms with Crippen LogP contribution in [0.3, 0.4) is 0 Å². The summed E-state index contributed by atoms with van der Waals surface area (Å²) >= 11 is 0. The Hall–Kier alpha value is -2.86. The van der Waals surface area contributed by atoms with E-state index >= 15 is 0 Å². The molecule has 182 valence electrons. The van der Waals surface area contributed by atoms with E-state index in [1.807, 2.05) is 49.9 Å². The predicted octanol–water partition coefficient (Wildman–Crippen LogP) is 4.06. The molecule has 4 rings (SSSR count). The summed E-state index contributed by atoms with van der Waals surface area (Å²) in [4.78, 5) is 30.4. The van der Waals surface area contributed by atoms with Crippen LogP contribution in [0.4, 0.5) is 0 Å². The summed E-state index contributed by atoms with van der Waals surface area (Å²) in [6, 6.07) is 14.0. The Balaban J connectivity index is 1.72. The molecule has 2 aliphatic heterocycles. The summed E-state index contributed by atoms with van der Waals surface area (Å²) < 4.78 is 5.29. The maximum Gasteiger partial charge on any atom is 0.230 e. The number of nitrogens with zero attached hydrogens (tertiary/aromatic N) is 2. The van der Waals surface area contributed by atoms with E-state index in [4.69, 9.17) is 4.74 Å². The van der Waals surface area contributed by atoms with Gasteiger partial charge in [0.15, 0.2) is 0 Å². The maximum atomic E-state index is 13.6. The molecule has 6 heteroatoms. The van der Waals surface area contributed by atoms with Crippen molar-refractivity contribution >= 4 is 11.8 Å². The number of aliphatic hydroxyl groups is 1. The van der Waals surface area contributed by atoms with Gasteiger partial charge in [-0.15, -0.1) is 0 Å². The lowest BCUT2D eigenvalue weighted by Crippen LogP contribution is -2.60. The Bertz CT molecular complexity index is 1070. The number of ether oxygens (including phenoxy) is 1. The minimum absolute atomic E-state index is 0.0209. The van der Waals surface area contributed by atoms with Gasteiger partial charge in [0.1, 0.15) is 5.75 Å². The summed E-state index contributed by atoms with van der Waals surface area (Å²) in [5.41, 5.74) is 3.98. The fourth-order valence-corrected chi connectivity index (χ4v) is 5.52. The van der Waals surface area contributed by atoms with E-state index < -0.39 is 17.4 Å². The lowest BCUT2D eigenvalue weighted by atomic mass is 9.76. The molecule has 34 heavy (non-hydrogen) atoms. The molecule has 0 spiro atoms. The van der Waals surface area contributed by atoms with Crippen molar-refractivity contribution in [3.63, 3.8) is 0 Å². The third kappa shape index (κ3) is 4.31. The van der Waals surface area contributed by atoms with Crippen LogP contribution in [0.25, 0.3) is 11.1 Å². The SMILES string of the molecule is COc1ccc(-c2ccc3c(c2)[C@@H]2C[C@H](N(C)C(=O)C(C)(C)C)[C@H]([C@H](C)O)C(=O)N2CC3)cc1. The number of methoxy groups -OCH3 is 1. The average molecular weight is 465 g/mol. The number of hydrogen-bond acceptors (Lipinski definition) is 4. The standard InChI is InChI=1S/C28H36N2O4/c1-17(31)25-24(29(5)27(33)28(2,3)4)16-23-22-15-20(18-9-11-21(34-6)12-10-18)8-7-19(22)13-14-30(23)26(25)32/h7-12,15,17,23-25,31H,13-14,16H2,1-6H3/t17-,23-,24-,25-/m0/s1. The van der Waals surface area contributed by atoms with Gasteiger partial charge in [-0.05, 0) is 60.2 Å². The quantitative estimate of drug-likeness (QED) is 0.741. The van der Waals surface area contributed by atoms with E-state index in [9.17, 15) is 14.7 Å². The first-order valence-corrected chi connectivity index (χ1v) is 12.1. The van der Waals surface area contributed by atoms with Gasteiger partial charge in [-0.25, -0.2) is 0 Å². The van der Waals surface area contributed by atoms with Crippen molar-refractivity contribution in [2.24, 2.45) is 11.3 Å². The fourth-order valence-electron chi connectivity index (χ4n) is 5.52. The highest BCUT2D eigenvalue weighted by atomic mass is 16.5. The maximum absolute atomic E-state index is 13.6. The summed E-state index contributed by atoms with van der Waals surface area (Å²) in [6.45, 7) is 7.95. The predicted molar refractivity (Wildman–Crippen MR) is 132 cm³/mol. The number of hydrogen-bond donors (Lipinski definition) is 1. The third-order valence-electron chi connectivity index (χ3n) is 7.35. The molecule has 2 aromatic carbocycles. The zero-order valence-corrected chi connectivity index (χ0v) is 21.0.